The van der Waals surface area contributed by atoms with Gasteiger partial charge in [-0.05, 0) is 62.7 Å². The van der Waals surface area contributed by atoms with Crippen LogP contribution >= 0.6 is 22.9 Å². The van der Waals surface area contributed by atoms with Gasteiger partial charge in [0.2, 0.25) is 0 Å². The lowest BCUT2D eigenvalue weighted by molar-refractivity contribution is 0.103. The summed E-state index contributed by atoms with van der Waals surface area (Å²) in [5.74, 6) is 0.151. The van der Waals surface area contributed by atoms with Crippen molar-refractivity contribution in [3.63, 3.8) is 0 Å². The van der Waals surface area contributed by atoms with Crippen molar-refractivity contribution in [2.24, 2.45) is 0 Å². The molecule has 29 heavy (non-hydrogen) atoms. The molecule has 1 N–H and O–H groups in total. The van der Waals surface area contributed by atoms with Crippen LogP contribution in [0.3, 0.4) is 0 Å². The van der Waals surface area contributed by atoms with Crippen molar-refractivity contribution in [1.29, 1.82) is 0 Å². The molecule has 2 heterocycles. The molecule has 0 spiro atoms. The summed E-state index contributed by atoms with van der Waals surface area (Å²) in [7, 11) is 0. The van der Waals surface area contributed by atoms with E-state index in [1.807, 2.05) is 43.5 Å². The highest BCUT2D eigenvalue weighted by Gasteiger charge is 2.20. The average molecular weight is 428 g/mol. The lowest BCUT2D eigenvalue weighted by Gasteiger charge is -2.17. The molecule has 2 aromatic heterocycles. The normalized spacial score (nSPS) is 11.4. The molecular formula is C22H19ClFN3OS. The lowest BCUT2D eigenvalue weighted by atomic mass is 10.1. The number of benzene rings is 2. The highest BCUT2D eigenvalue weighted by atomic mass is 35.5. The summed E-state index contributed by atoms with van der Waals surface area (Å²) >= 11 is 7.20. The van der Waals surface area contributed by atoms with Crippen LogP contribution in [0.5, 0.6) is 0 Å². The van der Waals surface area contributed by atoms with Gasteiger partial charge in [-0.25, -0.2) is 9.37 Å². The first kappa shape index (κ1) is 19.6. The number of carbonyl (C=O) groups is 1. The van der Waals surface area contributed by atoms with E-state index in [-0.39, 0.29) is 17.8 Å². The Labute approximate surface area is 177 Å². The van der Waals surface area contributed by atoms with Crippen LogP contribution in [0.15, 0.2) is 48.5 Å². The number of nitrogens with one attached hydrogen (secondary N) is 1. The first-order valence-corrected chi connectivity index (χ1v) is 10.4. The van der Waals surface area contributed by atoms with Crippen LogP contribution < -0.4 is 5.32 Å². The Bertz CT molecular complexity index is 1230. The zero-order valence-electron chi connectivity index (χ0n) is 16.2. The fraction of sp³-hybridized carbons (Fsp3) is 0.182. The van der Waals surface area contributed by atoms with E-state index in [4.69, 9.17) is 16.6 Å². The van der Waals surface area contributed by atoms with Gasteiger partial charge < -0.3 is 9.88 Å². The number of amides is 1. The molecule has 4 rings (SSSR count). The largest absolute Gasteiger partial charge is 0.321 e. The Hall–Kier alpha value is -2.70. The molecule has 0 bridgehead atoms. The standard InChI is InChI=1S/C22H19ClFN3OS/c1-12(2)27-17-11-14(24)7-8-16(17)25-21(27)15-6-4-5-13(3)20(15)26-22(28)18-9-10-19(23)29-18/h4-12H,1-3H3,(H,26,28). The van der Waals surface area contributed by atoms with Crippen molar-refractivity contribution in [2.45, 2.75) is 26.8 Å². The number of hydrogen-bond acceptors (Lipinski definition) is 3. The fourth-order valence-corrected chi connectivity index (χ4v) is 4.35. The van der Waals surface area contributed by atoms with Crippen LogP contribution in [-0.2, 0) is 0 Å². The predicted octanol–water partition coefficient (Wildman–Crippen LogP) is 6.70. The van der Waals surface area contributed by atoms with Gasteiger partial charge >= 0.3 is 0 Å². The minimum Gasteiger partial charge on any atom is -0.321 e. The summed E-state index contributed by atoms with van der Waals surface area (Å²) in [4.78, 5) is 18.1. The topological polar surface area (TPSA) is 46.9 Å². The van der Waals surface area contributed by atoms with E-state index in [1.54, 1.807) is 18.2 Å². The minimum atomic E-state index is -0.307. The summed E-state index contributed by atoms with van der Waals surface area (Å²) in [6.45, 7) is 5.98. The maximum atomic E-state index is 13.9. The van der Waals surface area contributed by atoms with Gasteiger partial charge in [-0.3, -0.25) is 4.79 Å². The minimum absolute atomic E-state index is 0.0527. The van der Waals surface area contributed by atoms with Crippen molar-refractivity contribution >= 4 is 45.6 Å². The van der Waals surface area contributed by atoms with Gasteiger partial charge in [-0.15, -0.1) is 11.3 Å². The highest BCUT2D eigenvalue weighted by Crippen LogP contribution is 2.35. The van der Waals surface area contributed by atoms with Gasteiger partial charge in [0.1, 0.15) is 11.6 Å². The summed E-state index contributed by atoms with van der Waals surface area (Å²) in [5, 5.41) is 3.01. The Morgan fingerprint density at radius 2 is 2.00 bits per heavy atom. The molecule has 0 unspecified atom stereocenters. The molecule has 0 saturated carbocycles. The number of rotatable bonds is 4. The number of aryl methyl sites for hydroxylation is 1. The number of carbonyl (C=O) groups excluding carboxylic acids is 1. The molecule has 4 nitrogen and oxygen atoms in total. The van der Waals surface area contributed by atoms with E-state index >= 15 is 0 Å². The zero-order chi connectivity index (χ0) is 20.7. The third kappa shape index (κ3) is 3.66. The van der Waals surface area contributed by atoms with E-state index < -0.39 is 0 Å². The second-order valence-corrected chi connectivity index (χ2v) is 8.80. The lowest BCUT2D eigenvalue weighted by Crippen LogP contribution is -2.13. The monoisotopic (exact) mass is 427 g/mol. The van der Waals surface area contributed by atoms with Crippen LogP contribution in [0.1, 0.15) is 35.1 Å². The van der Waals surface area contributed by atoms with Gasteiger partial charge in [0.25, 0.3) is 5.91 Å². The number of fused-ring (bicyclic) bond motifs is 1. The first-order chi connectivity index (χ1) is 13.8. The van der Waals surface area contributed by atoms with E-state index in [2.05, 4.69) is 5.32 Å². The molecule has 0 radical (unpaired) electrons. The van der Waals surface area contributed by atoms with Gasteiger partial charge in [-0.2, -0.15) is 0 Å². The molecule has 0 saturated heterocycles. The number of anilines is 1. The van der Waals surface area contributed by atoms with Gasteiger partial charge in [0, 0.05) is 11.6 Å². The van der Waals surface area contributed by atoms with E-state index in [1.165, 1.54) is 23.5 Å². The molecule has 1 amide bonds. The SMILES string of the molecule is Cc1cccc(-c2nc3ccc(F)cc3n2C(C)C)c1NC(=O)c1ccc(Cl)s1. The van der Waals surface area contributed by atoms with E-state index in [0.29, 0.717) is 26.2 Å². The van der Waals surface area contributed by atoms with Crippen molar-refractivity contribution in [1.82, 2.24) is 9.55 Å². The smallest absolute Gasteiger partial charge is 0.265 e. The Morgan fingerprint density at radius 1 is 1.21 bits per heavy atom. The summed E-state index contributed by atoms with van der Waals surface area (Å²) in [6, 6.07) is 13.8. The molecule has 7 heteroatoms. The predicted molar refractivity (Wildman–Crippen MR) is 118 cm³/mol. The number of hydrogen-bond donors (Lipinski definition) is 1. The molecule has 0 aliphatic carbocycles. The van der Waals surface area contributed by atoms with Crippen molar-refractivity contribution in [3.8, 4) is 11.4 Å². The van der Waals surface area contributed by atoms with Crippen LogP contribution in [0, 0.1) is 12.7 Å². The van der Waals surface area contributed by atoms with Crippen LogP contribution in [0.25, 0.3) is 22.4 Å². The number of nitrogens with zero attached hydrogens (tertiary/aromatic N) is 2. The molecule has 0 aliphatic heterocycles. The third-order valence-electron chi connectivity index (χ3n) is 4.72. The molecule has 4 aromatic rings. The average Bonchev–Trinajstić information content (AvgIpc) is 3.26. The molecule has 2 aromatic carbocycles. The summed E-state index contributed by atoms with van der Waals surface area (Å²) in [6.07, 6.45) is 0. The maximum absolute atomic E-state index is 13.9. The van der Waals surface area contributed by atoms with Crippen LogP contribution in [-0.4, -0.2) is 15.5 Å². The number of halogens is 2. The summed E-state index contributed by atoms with van der Waals surface area (Å²) < 4.78 is 16.4. The molecule has 0 fully saturated rings. The van der Waals surface area contributed by atoms with Crippen molar-refractivity contribution in [3.05, 3.63) is 69.1 Å². The number of para-hydroxylation sites is 1. The quantitative estimate of drug-likeness (QED) is 0.394. The van der Waals surface area contributed by atoms with Gasteiger partial charge in [-0.1, -0.05) is 23.7 Å². The van der Waals surface area contributed by atoms with Crippen molar-refractivity contribution < 1.29 is 9.18 Å². The molecular weight excluding hydrogens is 409 g/mol. The molecule has 0 aliphatic rings. The Balaban J connectivity index is 1.87. The Kier molecular flexibility index (Phi) is 5.15. The van der Waals surface area contributed by atoms with Gasteiger partial charge in [0.05, 0.1) is 25.9 Å². The second-order valence-electron chi connectivity index (χ2n) is 7.09. The second kappa shape index (κ2) is 7.61. The number of aromatic nitrogens is 2. The van der Waals surface area contributed by atoms with E-state index in [9.17, 15) is 9.18 Å². The molecule has 148 valence electrons. The van der Waals surface area contributed by atoms with Gasteiger partial charge in [0.15, 0.2) is 0 Å². The number of thiophene rings is 1. The highest BCUT2D eigenvalue weighted by molar-refractivity contribution is 7.18. The van der Waals surface area contributed by atoms with E-state index in [0.717, 1.165) is 16.6 Å². The number of imidazole rings is 1. The maximum Gasteiger partial charge on any atom is 0.265 e. The zero-order valence-corrected chi connectivity index (χ0v) is 17.7. The fourth-order valence-electron chi connectivity index (χ4n) is 3.41. The summed E-state index contributed by atoms with van der Waals surface area (Å²) in [5.41, 5.74) is 3.80. The van der Waals surface area contributed by atoms with Crippen molar-refractivity contribution in [2.75, 3.05) is 5.32 Å². The van der Waals surface area contributed by atoms with Crippen LogP contribution in [0.2, 0.25) is 4.34 Å². The van der Waals surface area contributed by atoms with Crippen LogP contribution in [0.4, 0.5) is 10.1 Å². The third-order valence-corrected chi connectivity index (χ3v) is 5.95. The molecule has 0 atom stereocenters. The Morgan fingerprint density at radius 3 is 2.69 bits per heavy atom. The first-order valence-electron chi connectivity index (χ1n) is 9.19.